The molecule has 1 N–H and O–H groups in total. The molecule has 0 spiro atoms. The Morgan fingerprint density at radius 3 is 2.71 bits per heavy atom. The summed E-state index contributed by atoms with van der Waals surface area (Å²) in [5, 5.41) is 8.41. The molecule has 1 aromatic heterocycles. The fourth-order valence-corrected chi connectivity index (χ4v) is 1.13. The van der Waals surface area contributed by atoms with E-state index >= 15 is 0 Å². The Labute approximate surface area is 81.6 Å². The van der Waals surface area contributed by atoms with E-state index in [9.17, 15) is 9.59 Å². The predicted molar refractivity (Wildman–Crippen MR) is 50.2 cm³/mol. The molecule has 1 aromatic rings. The smallest absolute Gasteiger partial charge is 0.303 e. The van der Waals surface area contributed by atoms with Crippen molar-refractivity contribution < 1.29 is 14.7 Å². The lowest BCUT2D eigenvalue weighted by atomic mass is 10.1. The third-order valence-corrected chi connectivity index (χ3v) is 1.87. The number of aliphatic carboxylic acids is 1. The third kappa shape index (κ3) is 2.65. The number of Topliss-reactive ketones (excluding diaryl/α,β-unsaturated/α-hetero) is 1. The second-order valence-electron chi connectivity index (χ2n) is 2.95. The van der Waals surface area contributed by atoms with Gasteiger partial charge < -0.3 is 5.11 Å². The minimum atomic E-state index is -0.958. The van der Waals surface area contributed by atoms with Gasteiger partial charge in [-0.1, -0.05) is 0 Å². The summed E-state index contributed by atoms with van der Waals surface area (Å²) in [5.74, 6) is -1.13. The number of carbonyl (C=O) groups excluding carboxylic acids is 1. The van der Waals surface area contributed by atoms with E-state index in [1.165, 1.54) is 0 Å². The number of aryl methyl sites for hydroxylation is 1. The van der Waals surface area contributed by atoms with E-state index in [2.05, 4.69) is 4.98 Å². The van der Waals surface area contributed by atoms with Crippen LogP contribution in [-0.2, 0) is 4.79 Å². The predicted octanol–water partition coefficient (Wildman–Crippen LogP) is 1.44. The van der Waals surface area contributed by atoms with Crippen LogP contribution in [0.1, 0.15) is 28.9 Å². The van der Waals surface area contributed by atoms with Gasteiger partial charge in [0.25, 0.3) is 0 Å². The highest BCUT2D eigenvalue weighted by Crippen LogP contribution is 2.08. The number of carbonyl (C=O) groups is 2. The van der Waals surface area contributed by atoms with E-state index in [1.54, 1.807) is 25.3 Å². The molecule has 0 fully saturated rings. The molecule has 0 radical (unpaired) electrons. The maximum absolute atomic E-state index is 11.5. The van der Waals surface area contributed by atoms with Crippen molar-refractivity contribution in [2.45, 2.75) is 19.8 Å². The van der Waals surface area contributed by atoms with E-state index in [0.29, 0.717) is 11.3 Å². The maximum atomic E-state index is 11.5. The lowest BCUT2D eigenvalue weighted by Crippen LogP contribution is -2.06. The molecule has 0 aromatic carbocycles. The molecule has 0 bridgehead atoms. The molecule has 14 heavy (non-hydrogen) atoms. The minimum Gasteiger partial charge on any atom is -0.481 e. The average molecular weight is 193 g/mol. The first-order valence-corrected chi connectivity index (χ1v) is 4.28. The zero-order valence-electron chi connectivity index (χ0n) is 7.86. The normalized spacial score (nSPS) is 9.79. The standard InChI is InChI=1S/C10H11NO3/c1-7-8(3-2-6-11-7)9(12)4-5-10(13)14/h2-3,6H,4-5H2,1H3,(H,13,14). The molecule has 0 unspecified atom stereocenters. The van der Waals surface area contributed by atoms with Gasteiger partial charge in [0.1, 0.15) is 0 Å². The molecule has 0 aliphatic carbocycles. The molecule has 0 aliphatic heterocycles. The lowest BCUT2D eigenvalue weighted by Gasteiger charge is -2.01. The van der Waals surface area contributed by atoms with Crippen molar-refractivity contribution in [2.75, 3.05) is 0 Å². The Balaban J connectivity index is 2.70. The fraction of sp³-hybridized carbons (Fsp3) is 0.300. The number of hydrogen-bond acceptors (Lipinski definition) is 3. The minimum absolute atomic E-state index is 0.0296. The number of carboxylic acid groups (broad SMARTS) is 1. The van der Waals surface area contributed by atoms with Gasteiger partial charge in [0, 0.05) is 23.9 Å². The highest BCUT2D eigenvalue weighted by molar-refractivity contribution is 5.98. The highest BCUT2D eigenvalue weighted by Gasteiger charge is 2.10. The molecule has 1 rings (SSSR count). The second kappa shape index (κ2) is 4.50. The van der Waals surface area contributed by atoms with Crippen LogP contribution in [0.4, 0.5) is 0 Å². The Bertz CT molecular complexity index is 360. The van der Waals surface area contributed by atoms with Crippen LogP contribution in [0.5, 0.6) is 0 Å². The second-order valence-corrected chi connectivity index (χ2v) is 2.95. The molecule has 0 saturated heterocycles. The van der Waals surface area contributed by atoms with Crippen LogP contribution in [0.25, 0.3) is 0 Å². The van der Waals surface area contributed by atoms with Crippen molar-refractivity contribution in [3.63, 3.8) is 0 Å². The van der Waals surface area contributed by atoms with Crippen LogP contribution < -0.4 is 0 Å². The van der Waals surface area contributed by atoms with Gasteiger partial charge in [0.2, 0.25) is 0 Å². The van der Waals surface area contributed by atoms with E-state index < -0.39 is 5.97 Å². The summed E-state index contributed by atoms with van der Waals surface area (Å²) in [7, 11) is 0. The van der Waals surface area contributed by atoms with E-state index in [0.717, 1.165) is 0 Å². The first-order chi connectivity index (χ1) is 6.61. The molecular formula is C10H11NO3. The molecule has 0 saturated carbocycles. The molecule has 0 aliphatic rings. The van der Waals surface area contributed by atoms with Crippen molar-refractivity contribution in [1.29, 1.82) is 0 Å². The summed E-state index contributed by atoms with van der Waals surface area (Å²) in [4.78, 5) is 25.7. The van der Waals surface area contributed by atoms with Crippen LogP contribution in [0.2, 0.25) is 0 Å². The van der Waals surface area contributed by atoms with Gasteiger partial charge in [-0.2, -0.15) is 0 Å². The summed E-state index contributed by atoms with van der Waals surface area (Å²) in [6.45, 7) is 1.73. The SMILES string of the molecule is Cc1ncccc1C(=O)CCC(=O)O. The van der Waals surface area contributed by atoms with Gasteiger partial charge in [0.15, 0.2) is 5.78 Å². The van der Waals surface area contributed by atoms with Gasteiger partial charge in [-0.15, -0.1) is 0 Å². The van der Waals surface area contributed by atoms with Gasteiger partial charge >= 0.3 is 5.97 Å². The molecule has 0 amide bonds. The van der Waals surface area contributed by atoms with Gasteiger partial charge in [-0.25, -0.2) is 0 Å². The first-order valence-electron chi connectivity index (χ1n) is 4.28. The maximum Gasteiger partial charge on any atom is 0.303 e. The van der Waals surface area contributed by atoms with Crippen molar-refractivity contribution in [3.05, 3.63) is 29.6 Å². The highest BCUT2D eigenvalue weighted by atomic mass is 16.4. The van der Waals surface area contributed by atoms with E-state index in [4.69, 9.17) is 5.11 Å². The van der Waals surface area contributed by atoms with Gasteiger partial charge in [0.05, 0.1) is 6.42 Å². The van der Waals surface area contributed by atoms with Crippen LogP contribution in [0, 0.1) is 6.92 Å². The number of carboxylic acids is 1. The lowest BCUT2D eigenvalue weighted by molar-refractivity contribution is -0.136. The van der Waals surface area contributed by atoms with Crippen LogP contribution in [0.3, 0.4) is 0 Å². The Hall–Kier alpha value is -1.71. The Kier molecular flexibility index (Phi) is 3.34. The average Bonchev–Trinajstić information content (AvgIpc) is 2.15. The summed E-state index contributed by atoms with van der Waals surface area (Å²) in [6, 6.07) is 3.33. The number of hydrogen-bond donors (Lipinski definition) is 1. The fourth-order valence-electron chi connectivity index (χ4n) is 1.13. The topological polar surface area (TPSA) is 67.3 Å². The molecule has 1 heterocycles. The summed E-state index contributed by atoms with van der Waals surface area (Å²) in [5.41, 5.74) is 1.15. The van der Waals surface area contributed by atoms with Crippen molar-refractivity contribution in [1.82, 2.24) is 4.98 Å². The third-order valence-electron chi connectivity index (χ3n) is 1.87. The number of ketones is 1. The van der Waals surface area contributed by atoms with E-state index in [-0.39, 0.29) is 18.6 Å². The molecule has 74 valence electrons. The molecule has 0 atom stereocenters. The Morgan fingerprint density at radius 1 is 1.43 bits per heavy atom. The van der Waals surface area contributed by atoms with Crippen LogP contribution >= 0.6 is 0 Å². The summed E-state index contributed by atoms with van der Waals surface area (Å²) >= 11 is 0. The molecule has 4 nitrogen and oxygen atoms in total. The van der Waals surface area contributed by atoms with Crippen molar-refractivity contribution >= 4 is 11.8 Å². The van der Waals surface area contributed by atoms with E-state index in [1.807, 2.05) is 0 Å². The van der Waals surface area contributed by atoms with Crippen LogP contribution in [-0.4, -0.2) is 21.8 Å². The van der Waals surface area contributed by atoms with Gasteiger partial charge in [-0.05, 0) is 19.1 Å². The van der Waals surface area contributed by atoms with Gasteiger partial charge in [-0.3, -0.25) is 14.6 Å². The Morgan fingerprint density at radius 2 is 2.14 bits per heavy atom. The quantitative estimate of drug-likeness (QED) is 0.734. The molecule has 4 heteroatoms. The summed E-state index contributed by atoms with van der Waals surface area (Å²) < 4.78 is 0. The number of aromatic nitrogens is 1. The molecular weight excluding hydrogens is 182 g/mol. The zero-order valence-corrected chi connectivity index (χ0v) is 7.86. The van der Waals surface area contributed by atoms with Crippen molar-refractivity contribution in [2.24, 2.45) is 0 Å². The first kappa shape index (κ1) is 10.4. The number of rotatable bonds is 4. The zero-order chi connectivity index (χ0) is 10.6. The van der Waals surface area contributed by atoms with Crippen LogP contribution in [0.15, 0.2) is 18.3 Å². The monoisotopic (exact) mass is 193 g/mol. The number of pyridine rings is 1. The van der Waals surface area contributed by atoms with Crippen molar-refractivity contribution in [3.8, 4) is 0 Å². The number of nitrogens with zero attached hydrogens (tertiary/aromatic N) is 1. The summed E-state index contributed by atoms with van der Waals surface area (Å²) in [6.07, 6.45) is 1.50. The largest absolute Gasteiger partial charge is 0.481 e.